The number of nitrogens with one attached hydrogen (secondary N) is 1. The lowest BCUT2D eigenvalue weighted by atomic mass is 10.1. The van der Waals surface area contributed by atoms with Crippen LogP contribution in [0, 0.1) is 0 Å². The van der Waals surface area contributed by atoms with Crippen LogP contribution in [-0.2, 0) is 11.3 Å². The molecule has 18 heavy (non-hydrogen) atoms. The van der Waals surface area contributed by atoms with Crippen LogP contribution >= 0.6 is 11.6 Å². The van der Waals surface area contributed by atoms with Gasteiger partial charge in [-0.15, -0.1) is 0 Å². The molecule has 0 radical (unpaired) electrons. The van der Waals surface area contributed by atoms with Crippen LogP contribution in [0.2, 0.25) is 5.02 Å². The maximum atomic E-state index is 11.8. The van der Waals surface area contributed by atoms with Gasteiger partial charge in [0.1, 0.15) is 0 Å². The number of halogens is 1. The fourth-order valence-corrected chi connectivity index (χ4v) is 2.59. The summed E-state index contributed by atoms with van der Waals surface area (Å²) in [6.07, 6.45) is 1.94. The highest BCUT2D eigenvalue weighted by molar-refractivity contribution is 6.31. The third-order valence-electron chi connectivity index (χ3n) is 3.36. The molecule has 1 unspecified atom stereocenters. The lowest BCUT2D eigenvalue weighted by molar-refractivity contribution is -0.125. The fraction of sp³-hybridized carbons (Fsp3) is 0.462. The van der Waals surface area contributed by atoms with Gasteiger partial charge >= 0.3 is 0 Å². The molecule has 3 N–H and O–H groups in total. The summed E-state index contributed by atoms with van der Waals surface area (Å²) in [6.45, 7) is 1.59. The number of anilines is 1. The molecule has 98 valence electrons. The zero-order chi connectivity index (χ0) is 13.1. The second-order valence-electron chi connectivity index (χ2n) is 4.59. The van der Waals surface area contributed by atoms with Gasteiger partial charge in [-0.3, -0.25) is 9.69 Å². The van der Waals surface area contributed by atoms with Crippen molar-refractivity contribution in [1.82, 2.24) is 10.2 Å². The Morgan fingerprint density at radius 1 is 1.61 bits per heavy atom. The second kappa shape index (κ2) is 5.59. The van der Waals surface area contributed by atoms with Crippen LogP contribution in [0.25, 0.3) is 0 Å². The van der Waals surface area contributed by atoms with Crippen molar-refractivity contribution in [1.29, 1.82) is 0 Å². The largest absolute Gasteiger partial charge is 0.399 e. The molecule has 1 aliphatic rings. The number of nitrogens with two attached hydrogens (primary N) is 1. The van der Waals surface area contributed by atoms with Gasteiger partial charge < -0.3 is 11.1 Å². The number of likely N-dealkylation sites (N-methyl/N-ethyl adjacent to an activating group) is 1. The Morgan fingerprint density at radius 3 is 3.11 bits per heavy atom. The quantitative estimate of drug-likeness (QED) is 0.819. The van der Waals surface area contributed by atoms with Gasteiger partial charge in [-0.05, 0) is 43.1 Å². The Labute approximate surface area is 112 Å². The Kier molecular flexibility index (Phi) is 4.09. The van der Waals surface area contributed by atoms with E-state index < -0.39 is 0 Å². The van der Waals surface area contributed by atoms with Crippen molar-refractivity contribution < 1.29 is 4.79 Å². The number of benzene rings is 1. The molecule has 1 aromatic rings. The monoisotopic (exact) mass is 267 g/mol. The van der Waals surface area contributed by atoms with E-state index in [1.165, 1.54) is 0 Å². The standard InChI is InChI=1S/C13H18ClN3O/c1-16-13(18)12-3-2-6-17(12)8-9-7-10(15)4-5-11(9)14/h4-5,7,12H,2-3,6,8,15H2,1H3,(H,16,18). The summed E-state index contributed by atoms with van der Waals surface area (Å²) < 4.78 is 0. The summed E-state index contributed by atoms with van der Waals surface area (Å²) >= 11 is 6.15. The Morgan fingerprint density at radius 2 is 2.39 bits per heavy atom. The summed E-state index contributed by atoms with van der Waals surface area (Å²) in [5.74, 6) is 0.0764. The molecule has 1 heterocycles. The predicted molar refractivity (Wildman–Crippen MR) is 73.4 cm³/mol. The molecule has 1 aliphatic heterocycles. The van der Waals surface area contributed by atoms with Crippen LogP contribution in [0.4, 0.5) is 5.69 Å². The number of likely N-dealkylation sites (tertiary alicyclic amines) is 1. The number of rotatable bonds is 3. The normalized spacial score (nSPS) is 20.0. The van der Waals surface area contributed by atoms with Gasteiger partial charge in [-0.2, -0.15) is 0 Å². The highest BCUT2D eigenvalue weighted by Crippen LogP contribution is 2.25. The lowest BCUT2D eigenvalue weighted by Crippen LogP contribution is -2.41. The Bertz CT molecular complexity index is 450. The first-order valence-corrected chi connectivity index (χ1v) is 6.49. The SMILES string of the molecule is CNC(=O)C1CCCN1Cc1cc(N)ccc1Cl. The molecule has 1 atom stereocenters. The van der Waals surface area contributed by atoms with E-state index >= 15 is 0 Å². The number of carbonyl (C=O) groups is 1. The van der Waals surface area contributed by atoms with E-state index in [1.807, 2.05) is 6.07 Å². The summed E-state index contributed by atoms with van der Waals surface area (Å²) in [5.41, 5.74) is 7.44. The van der Waals surface area contributed by atoms with Gasteiger partial charge in [0.15, 0.2) is 0 Å². The third-order valence-corrected chi connectivity index (χ3v) is 3.72. The molecule has 0 saturated carbocycles. The molecule has 0 bridgehead atoms. The fourth-order valence-electron chi connectivity index (χ4n) is 2.41. The van der Waals surface area contributed by atoms with E-state index in [0.717, 1.165) is 24.9 Å². The smallest absolute Gasteiger partial charge is 0.237 e. The zero-order valence-electron chi connectivity index (χ0n) is 10.4. The molecule has 0 spiro atoms. The minimum atomic E-state index is -0.0486. The molecule has 5 heteroatoms. The number of amides is 1. The van der Waals surface area contributed by atoms with Crippen molar-refractivity contribution in [2.45, 2.75) is 25.4 Å². The zero-order valence-corrected chi connectivity index (χ0v) is 11.2. The van der Waals surface area contributed by atoms with Crippen LogP contribution in [-0.4, -0.2) is 30.4 Å². The average Bonchev–Trinajstić information content (AvgIpc) is 2.81. The summed E-state index contributed by atoms with van der Waals surface area (Å²) in [4.78, 5) is 13.9. The van der Waals surface area contributed by atoms with E-state index in [-0.39, 0.29) is 11.9 Å². The van der Waals surface area contributed by atoms with Gasteiger partial charge in [-0.1, -0.05) is 11.6 Å². The number of hydrogen-bond acceptors (Lipinski definition) is 3. The molecular formula is C13H18ClN3O. The Hall–Kier alpha value is -1.26. The van der Waals surface area contributed by atoms with Crippen molar-refractivity contribution in [3.63, 3.8) is 0 Å². The Balaban J connectivity index is 2.13. The van der Waals surface area contributed by atoms with E-state index in [0.29, 0.717) is 17.3 Å². The van der Waals surface area contributed by atoms with Crippen LogP contribution in [0.5, 0.6) is 0 Å². The molecule has 4 nitrogen and oxygen atoms in total. The molecular weight excluding hydrogens is 250 g/mol. The van der Waals surface area contributed by atoms with Crippen molar-refractivity contribution in [2.24, 2.45) is 0 Å². The van der Waals surface area contributed by atoms with Gasteiger partial charge in [0.25, 0.3) is 0 Å². The molecule has 1 fully saturated rings. The van der Waals surface area contributed by atoms with E-state index in [4.69, 9.17) is 17.3 Å². The highest BCUT2D eigenvalue weighted by atomic mass is 35.5. The van der Waals surface area contributed by atoms with Crippen molar-refractivity contribution >= 4 is 23.2 Å². The predicted octanol–water partition coefficient (Wildman–Crippen LogP) is 1.63. The molecule has 1 aromatic carbocycles. The van der Waals surface area contributed by atoms with Crippen LogP contribution in [0.3, 0.4) is 0 Å². The highest BCUT2D eigenvalue weighted by Gasteiger charge is 2.30. The maximum absolute atomic E-state index is 11.8. The first-order chi connectivity index (χ1) is 8.61. The number of nitrogen functional groups attached to an aromatic ring is 1. The summed E-state index contributed by atoms with van der Waals surface area (Å²) in [6, 6.07) is 5.41. The van der Waals surface area contributed by atoms with Gasteiger partial charge in [0, 0.05) is 24.3 Å². The number of carbonyl (C=O) groups excluding carboxylic acids is 1. The van der Waals surface area contributed by atoms with E-state index in [2.05, 4.69) is 10.2 Å². The van der Waals surface area contributed by atoms with Crippen LogP contribution in [0.1, 0.15) is 18.4 Å². The molecule has 0 aliphatic carbocycles. The van der Waals surface area contributed by atoms with Gasteiger partial charge in [0.05, 0.1) is 6.04 Å². The molecule has 0 aromatic heterocycles. The third kappa shape index (κ3) is 2.76. The van der Waals surface area contributed by atoms with Crippen molar-refractivity contribution in [2.75, 3.05) is 19.3 Å². The maximum Gasteiger partial charge on any atom is 0.237 e. The number of nitrogens with zero attached hydrogens (tertiary/aromatic N) is 1. The summed E-state index contributed by atoms with van der Waals surface area (Å²) in [7, 11) is 1.67. The topological polar surface area (TPSA) is 58.4 Å². The van der Waals surface area contributed by atoms with Gasteiger partial charge in [0.2, 0.25) is 5.91 Å². The van der Waals surface area contributed by atoms with Crippen molar-refractivity contribution in [3.05, 3.63) is 28.8 Å². The molecule has 1 amide bonds. The minimum Gasteiger partial charge on any atom is -0.399 e. The lowest BCUT2D eigenvalue weighted by Gasteiger charge is -2.23. The summed E-state index contributed by atoms with van der Waals surface area (Å²) in [5, 5.41) is 3.41. The van der Waals surface area contributed by atoms with Crippen molar-refractivity contribution in [3.8, 4) is 0 Å². The van der Waals surface area contributed by atoms with Gasteiger partial charge in [-0.25, -0.2) is 0 Å². The first-order valence-electron chi connectivity index (χ1n) is 6.11. The van der Waals surface area contributed by atoms with E-state index in [1.54, 1.807) is 19.2 Å². The first kappa shape index (κ1) is 13.2. The van der Waals surface area contributed by atoms with E-state index in [9.17, 15) is 4.79 Å². The molecule has 2 rings (SSSR count). The molecule has 1 saturated heterocycles. The van der Waals surface area contributed by atoms with Crippen LogP contribution < -0.4 is 11.1 Å². The number of hydrogen-bond donors (Lipinski definition) is 2. The average molecular weight is 268 g/mol. The second-order valence-corrected chi connectivity index (χ2v) is 5.00. The van der Waals surface area contributed by atoms with Crippen LogP contribution in [0.15, 0.2) is 18.2 Å². The minimum absolute atomic E-state index is 0.0486.